The second kappa shape index (κ2) is 6.85. The van der Waals surface area contributed by atoms with Gasteiger partial charge < -0.3 is 10.6 Å². The largest absolute Gasteiger partial charge is 0.353 e. The molecule has 2 N–H and O–H groups in total. The van der Waals surface area contributed by atoms with Crippen molar-refractivity contribution in [3.05, 3.63) is 47.3 Å². The van der Waals surface area contributed by atoms with Crippen molar-refractivity contribution in [3.63, 3.8) is 0 Å². The number of nitrogens with one attached hydrogen (secondary N) is 2. The Balaban J connectivity index is 1.91. The van der Waals surface area contributed by atoms with Crippen LogP contribution in [0.2, 0.25) is 0 Å². The van der Waals surface area contributed by atoms with Crippen molar-refractivity contribution in [2.45, 2.75) is 32.7 Å². The maximum atomic E-state index is 12.8. The molecule has 0 radical (unpaired) electrons. The maximum Gasteiger partial charge on any atom is 0.228 e. The predicted molar refractivity (Wildman–Crippen MR) is 96.7 cm³/mol. The minimum absolute atomic E-state index is 0.174. The second-order valence-corrected chi connectivity index (χ2v) is 7.59. The van der Waals surface area contributed by atoms with E-state index in [9.17, 15) is 4.79 Å². The van der Waals surface area contributed by atoms with Crippen LogP contribution in [-0.4, -0.2) is 25.0 Å². The molecule has 1 fully saturated rings. The molecule has 1 aromatic carbocycles. The van der Waals surface area contributed by atoms with Crippen LogP contribution in [-0.2, 0) is 11.2 Å². The van der Waals surface area contributed by atoms with E-state index in [0.29, 0.717) is 0 Å². The van der Waals surface area contributed by atoms with E-state index in [1.54, 1.807) is 11.3 Å². The van der Waals surface area contributed by atoms with Crippen LogP contribution in [0.3, 0.4) is 0 Å². The number of carbonyl (C=O) groups excluding carboxylic acids is 1. The Kier molecular flexibility index (Phi) is 4.83. The first-order valence-electron chi connectivity index (χ1n) is 8.24. The summed E-state index contributed by atoms with van der Waals surface area (Å²) in [7, 11) is 0. The van der Waals surface area contributed by atoms with E-state index in [-0.39, 0.29) is 17.4 Å². The van der Waals surface area contributed by atoms with Gasteiger partial charge in [0, 0.05) is 17.5 Å². The zero-order valence-electron chi connectivity index (χ0n) is 13.8. The Bertz CT molecular complexity index is 658. The fraction of sp³-hybridized carbons (Fsp3) is 0.421. The fourth-order valence-corrected chi connectivity index (χ4v) is 4.08. The van der Waals surface area contributed by atoms with E-state index in [1.165, 1.54) is 16.0 Å². The quantitative estimate of drug-likeness (QED) is 0.882. The monoisotopic (exact) mass is 328 g/mol. The fourth-order valence-electron chi connectivity index (χ4n) is 3.30. The maximum absolute atomic E-state index is 12.8. The molecular formula is C19H24N2OS. The average Bonchev–Trinajstić information content (AvgIpc) is 3.19. The molecule has 23 heavy (non-hydrogen) atoms. The zero-order valence-corrected chi connectivity index (χ0v) is 14.6. The topological polar surface area (TPSA) is 41.1 Å². The van der Waals surface area contributed by atoms with Gasteiger partial charge in [-0.2, -0.15) is 0 Å². The van der Waals surface area contributed by atoms with Crippen LogP contribution in [0.5, 0.6) is 0 Å². The Morgan fingerprint density at radius 2 is 2.13 bits per heavy atom. The number of hydrogen-bond donors (Lipinski definition) is 2. The summed E-state index contributed by atoms with van der Waals surface area (Å²) in [5, 5.41) is 8.61. The molecule has 0 spiro atoms. The van der Waals surface area contributed by atoms with Crippen molar-refractivity contribution >= 4 is 17.2 Å². The summed E-state index contributed by atoms with van der Waals surface area (Å²) in [5.74, 6) is 0.179. The van der Waals surface area contributed by atoms with Crippen molar-refractivity contribution in [2.24, 2.45) is 5.41 Å². The Labute approximate surface area is 142 Å². The molecule has 1 aliphatic rings. The van der Waals surface area contributed by atoms with E-state index in [4.69, 9.17) is 0 Å². The van der Waals surface area contributed by atoms with Gasteiger partial charge in [-0.1, -0.05) is 30.3 Å². The van der Waals surface area contributed by atoms with Crippen molar-refractivity contribution in [2.75, 3.05) is 13.1 Å². The van der Waals surface area contributed by atoms with Gasteiger partial charge in [0.05, 0.1) is 5.41 Å². The van der Waals surface area contributed by atoms with Gasteiger partial charge in [0.25, 0.3) is 0 Å². The van der Waals surface area contributed by atoms with Crippen molar-refractivity contribution < 1.29 is 4.79 Å². The second-order valence-electron chi connectivity index (χ2n) is 6.65. The predicted octanol–water partition coefficient (Wildman–Crippen LogP) is 3.46. The van der Waals surface area contributed by atoms with Crippen LogP contribution in [0.25, 0.3) is 10.4 Å². The van der Waals surface area contributed by atoms with E-state index in [1.807, 2.05) is 13.8 Å². The SMILES string of the molecule is CC(C)NC(=O)C1(Cc2ccccc2-c2cccs2)CCNC1. The number of benzene rings is 1. The Morgan fingerprint density at radius 1 is 1.30 bits per heavy atom. The first kappa shape index (κ1) is 16.2. The minimum Gasteiger partial charge on any atom is -0.353 e. The van der Waals surface area contributed by atoms with Crippen LogP contribution in [0.1, 0.15) is 25.8 Å². The third-order valence-corrected chi connectivity index (χ3v) is 5.38. The highest BCUT2D eigenvalue weighted by Gasteiger charge is 2.41. The third-order valence-electron chi connectivity index (χ3n) is 4.48. The molecule has 3 nitrogen and oxygen atoms in total. The van der Waals surface area contributed by atoms with E-state index < -0.39 is 0 Å². The first-order chi connectivity index (χ1) is 11.1. The lowest BCUT2D eigenvalue weighted by Gasteiger charge is -2.29. The van der Waals surface area contributed by atoms with Gasteiger partial charge in [-0.05, 0) is 55.8 Å². The lowest BCUT2D eigenvalue weighted by Crippen LogP contribution is -2.46. The summed E-state index contributed by atoms with van der Waals surface area (Å²) < 4.78 is 0. The minimum atomic E-state index is -0.336. The number of thiophene rings is 1. The molecule has 4 heteroatoms. The normalized spacial score (nSPS) is 20.8. The first-order valence-corrected chi connectivity index (χ1v) is 9.12. The highest BCUT2D eigenvalue weighted by molar-refractivity contribution is 7.13. The Morgan fingerprint density at radius 3 is 2.78 bits per heavy atom. The molecule has 1 amide bonds. The van der Waals surface area contributed by atoms with Gasteiger partial charge in [-0.3, -0.25) is 4.79 Å². The third kappa shape index (κ3) is 3.48. The van der Waals surface area contributed by atoms with Gasteiger partial charge in [0.2, 0.25) is 5.91 Å². The molecular weight excluding hydrogens is 304 g/mol. The summed E-state index contributed by atoms with van der Waals surface area (Å²) >= 11 is 1.75. The summed E-state index contributed by atoms with van der Waals surface area (Å²) in [6.45, 7) is 5.71. The summed E-state index contributed by atoms with van der Waals surface area (Å²) in [5.41, 5.74) is 2.18. The highest BCUT2D eigenvalue weighted by Crippen LogP contribution is 2.36. The van der Waals surface area contributed by atoms with Crippen molar-refractivity contribution in [1.82, 2.24) is 10.6 Å². The van der Waals surface area contributed by atoms with Crippen LogP contribution in [0.15, 0.2) is 41.8 Å². The molecule has 122 valence electrons. The van der Waals surface area contributed by atoms with Crippen LogP contribution in [0.4, 0.5) is 0 Å². The summed E-state index contributed by atoms with van der Waals surface area (Å²) in [6, 6.07) is 12.9. The molecule has 0 saturated carbocycles. The molecule has 0 aliphatic carbocycles. The number of carbonyl (C=O) groups is 1. The number of rotatable bonds is 5. The summed E-state index contributed by atoms with van der Waals surface area (Å²) in [6.07, 6.45) is 1.68. The van der Waals surface area contributed by atoms with Gasteiger partial charge in [-0.25, -0.2) is 0 Å². The van der Waals surface area contributed by atoms with Crippen molar-refractivity contribution in [3.8, 4) is 10.4 Å². The number of amides is 1. The van der Waals surface area contributed by atoms with Crippen molar-refractivity contribution in [1.29, 1.82) is 0 Å². The van der Waals surface area contributed by atoms with E-state index in [0.717, 1.165) is 25.9 Å². The zero-order chi connectivity index (χ0) is 16.3. The molecule has 2 heterocycles. The van der Waals surface area contributed by atoms with Crippen LogP contribution < -0.4 is 10.6 Å². The Hall–Kier alpha value is -1.65. The molecule has 1 saturated heterocycles. The summed E-state index contributed by atoms with van der Waals surface area (Å²) in [4.78, 5) is 14.1. The molecule has 1 aromatic heterocycles. The van der Waals surface area contributed by atoms with Gasteiger partial charge >= 0.3 is 0 Å². The van der Waals surface area contributed by atoms with E-state index >= 15 is 0 Å². The highest BCUT2D eigenvalue weighted by atomic mass is 32.1. The number of hydrogen-bond acceptors (Lipinski definition) is 3. The lowest BCUT2D eigenvalue weighted by molar-refractivity contribution is -0.130. The molecule has 1 unspecified atom stereocenters. The van der Waals surface area contributed by atoms with Crippen LogP contribution in [0, 0.1) is 5.41 Å². The molecule has 1 atom stereocenters. The molecule has 1 aliphatic heterocycles. The van der Waals surface area contributed by atoms with Gasteiger partial charge in [0.1, 0.15) is 0 Å². The molecule has 3 rings (SSSR count). The van der Waals surface area contributed by atoms with Gasteiger partial charge in [0.15, 0.2) is 0 Å². The molecule has 2 aromatic rings. The smallest absolute Gasteiger partial charge is 0.228 e. The van der Waals surface area contributed by atoms with Gasteiger partial charge in [-0.15, -0.1) is 11.3 Å². The lowest BCUT2D eigenvalue weighted by atomic mass is 9.78. The standard InChI is InChI=1S/C19H24N2OS/c1-14(2)21-18(22)19(9-10-20-13-19)12-15-6-3-4-7-16(15)17-8-5-11-23-17/h3-8,11,14,20H,9-10,12-13H2,1-2H3,(H,21,22). The molecule has 0 bridgehead atoms. The van der Waals surface area contributed by atoms with E-state index in [2.05, 4.69) is 52.4 Å². The van der Waals surface area contributed by atoms with Crippen LogP contribution >= 0.6 is 11.3 Å². The average molecular weight is 328 g/mol.